The van der Waals surface area contributed by atoms with E-state index in [0.717, 1.165) is 56.3 Å². The summed E-state index contributed by atoms with van der Waals surface area (Å²) >= 11 is 1.82. The molecule has 9 aromatic rings. The first-order valence-corrected chi connectivity index (χ1v) is 19.0. The summed E-state index contributed by atoms with van der Waals surface area (Å²) in [6.07, 6.45) is 0. The largest absolute Gasteiger partial charge is 0.449 e. The van der Waals surface area contributed by atoms with Crippen LogP contribution in [0.25, 0.3) is 76.3 Å². The summed E-state index contributed by atoms with van der Waals surface area (Å²) in [7, 11) is 0. The minimum atomic E-state index is -0.119. The summed E-state index contributed by atoms with van der Waals surface area (Å²) in [4.78, 5) is 10.2. The molecule has 7 aromatic carbocycles. The Morgan fingerprint density at radius 1 is 0.463 bits per heavy atom. The molecule has 3 heterocycles. The Morgan fingerprint density at radius 2 is 1.15 bits per heavy atom. The summed E-state index contributed by atoms with van der Waals surface area (Å²) in [5, 5.41) is 2.56. The van der Waals surface area contributed by atoms with E-state index in [-0.39, 0.29) is 5.41 Å². The second kappa shape index (κ2) is 11.7. The fourth-order valence-corrected chi connectivity index (χ4v) is 9.33. The summed E-state index contributed by atoms with van der Waals surface area (Å²) in [6, 6.07) is 55.2. The van der Waals surface area contributed by atoms with Crippen LogP contribution in [0.1, 0.15) is 25.0 Å². The Bertz CT molecular complexity index is 2960. The van der Waals surface area contributed by atoms with Gasteiger partial charge in [0.05, 0.1) is 11.4 Å². The second-order valence-electron chi connectivity index (χ2n) is 14.6. The standard InChI is InChI=1S/C49H32N2O2S/c1-49(2)37-14-8-6-13-36(37)46-38(49)23-25-42-47(46)53-43-26-32(21-24-41(43)52-42)29-16-18-31(19-17-29)48-50-39(30-10-4-3-5-11-30)28-40(51-48)33-20-22-35-34-12-7-9-15-44(34)54-45(35)27-33/h3-28H,1-2H3. The number of fused-ring (bicyclic) bond motifs is 9. The van der Waals surface area contributed by atoms with E-state index >= 15 is 0 Å². The first kappa shape index (κ1) is 31.0. The quantitative estimate of drug-likeness (QED) is 0.182. The van der Waals surface area contributed by atoms with Crippen molar-refractivity contribution in [2.45, 2.75) is 19.3 Å². The third kappa shape index (κ3) is 4.82. The van der Waals surface area contributed by atoms with E-state index in [1.54, 1.807) is 0 Å². The van der Waals surface area contributed by atoms with Crippen LogP contribution in [-0.2, 0) is 5.41 Å². The molecule has 0 amide bonds. The van der Waals surface area contributed by atoms with E-state index in [4.69, 9.17) is 19.4 Å². The predicted molar refractivity (Wildman–Crippen MR) is 221 cm³/mol. The van der Waals surface area contributed by atoms with Crippen LogP contribution in [0.2, 0.25) is 0 Å². The van der Waals surface area contributed by atoms with Crippen molar-refractivity contribution in [2.75, 3.05) is 0 Å². The van der Waals surface area contributed by atoms with Gasteiger partial charge in [0.2, 0.25) is 0 Å². The van der Waals surface area contributed by atoms with Gasteiger partial charge in [0.1, 0.15) is 0 Å². The minimum absolute atomic E-state index is 0.119. The smallest absolute Gasteiger partial charge is 0.178 e. The number of ether oxygens (including phenoxy) is 2. The topological polar surface area (TPSA) is 44.2 Å². The van der Waals surface area contributed by atoms with E-state index in [9.17, 15) is 0 Å². The van der Waals surface area contributed by atoms with Crippen molar-refractivity contribution in [1.82, 2.24) is 9.97 Å². The Hall–Kier alpha value is -6.56. The van der Waals surface area contributed by atoms with E-state index in [1.807, 2.05) is 41.7 Å². The molecule has 0 saturated carbocycles. The van der Waals surface area contributed by atoms with Crippen LogP contribution in [0.5, 0.6) is 23.0 Å². The lowest BCUT2D eigenvalue weighted by molar-refractivity contribution is 0.360. The SMILES string of the molecule is CC1(C)c2ccccc2-c2c1ccc1c2Oc2cc(-c3ccc(-c4nc(-c5ccccc5)cc(-c5ccc6c(c5)sc5ccccc56)n4)cc3)ccc2O1. The van der Waals surface area contributed by atoms with Crippen LogP contribution in [0.3, 0.4) is 0 Å². The van der Waals surface area contributed by atoms with Crippen molar-refractivity contribution in [3.63, 3.8) is 0 Å². The van der Waals surface area contributed by atoms with E-state index in [2.05, 4.69) is 141 Å². The maximum atomic E-state index is 6.74. The molecule has 0 bridgehead atoms. The van der Waals surface area contributed by atoms with Gasteiger partial charge in [-0.1, -0.05) is 135 Å². The molecule has 0 saturated heterocycles. The lowest BCUT2D eigenvalue weighted by Crippen LogP contribution is -2.15. The van der Waals surface area contributed by atoms with Gasteiger partial charge in [-0.25, -0.2) is 9.97 Å². The molecule has 0 fully saturated rings. The highest BCUT2D eigenvalue weighted by atomic mass is 32.1. The Labute approximate surface area is 317 Å². The van der Waals surface area contributed by atoms with Crippen LogP contribution < -0.4 is 9.47 Å². The zero-order chi connectivity index (χ0) is 36.0. The van der Waals surface area contributed by atoms with Gasteiger partial charge in [0.25, 0.3) is 0 Å². The highest BCUT2D eigenvalue weighted by molar-refractivity contribution is 7.25. The zero-order valence-electron chi connectivity index (χ0n) is 29.6. The molecule has 0 radical (unpaired) electrons. The monoisotopic (exact) mass is 712 g/mol. The maximum absolute atomic E-state index is 6.74. The molecule has 5 heteroatoms. The van der Waals surface area contributed by atoms with Gasteiger partial charge in [0, 0.05) is 47.8 Å². The lowest BCUT2D eigenvalue weighted by atomic mass is 9.82. The summed E-state index contributed by atoms with van der Waals surface area (Å²) in [5.74, 6) is 3.62. The zero-order valence-corrected chi connectivity index (χ0v) is 30.4. The van der Waals surface area contributed by atoms with Crippen molar-refractivity contribution < 1.29 is 9.47 Å². The molecule has 2 aromatic heterocycles. The van der Waals surface area contributed by atoms with Gasteiger partial charge in [-0.3, -0.25) is 0 Å². The molecule has 256 valence electrons. The van der Waals surface area contributed by atoms with Crippen molar-refractivity contribution in [2.24, 2.45) is 0 Å². The van der Waals surface area contributed by atoms with Crippen LogP contribution in [0.15, 0.2) is 158 Å². The molecule has 0 atom stereocenters. The number of rotatable bonds is 4. The molecular formula is C49H32N2O2S. The van der Waals surface area contributed by atoms with E-state index in [0.29, 0.717) is 17.3 Å². The van der Waals surface area contributed by atoms with Gasteiger partial charge < -0.3 is 9.47 Å². The fraction of sp³-hybridized carbons (Fsp3) is 0.0612. The molecule has 1 aliphatic heterocycles. The minimum Gasteiger partial charge on any atom is -0.449 e. The first-order chi connectivity index (χ1) is 26.5. The van der Waals surface area contributed by atoms with Gasteiger partial charge in [0.15, 0.2) is 28.8 Å². The van der Waals surface area contributed by atoms with Crippen molar-refractivity contribution in [3.05, 3.63) is 169 Å². The number of benzene rings is 7. The van der Waals surface area contributed by atoms with E-state index < -0.39 is 0 Å². The van der Waals surface area contributed by atoms with Gasteiger partial charge in [-0.05, 0) is 64.2 Å². The fourth-order valence-electron chi connectivity index (χ4n) is 8.18. The highest BCUT2D eigenvalue weighted by Gasteiger charge is 2.39. The highest BCUT2D eigenvalue weighted by Crippen LogP contribution is 2.58. The molecule has 54 heavy (non-hydrogen) atoms. The Balaban J connectivity index is 0.949. The van der Waals surface area contributed by atoms with E-state index in [1.165, 1.54) is 36.9 Å². The van der Waals surface area contributed by atoms with Crippen LogP contribution in [0, 0.1) is 0 Å². The third-order valence-electron chi connectivity index (χ3n) is 11.0. The third-order valence-corrected chi connectivity index (χ3v) is 12.1. The normalized spacial score (nSPS) is 13.4. The molecule has 1 aliphatic carbocycles. The molecule has 0 N–H and O–H groups in total. The lowest BCUT2D eigenvalue weighted by Gasteiger charge is -2.25. The Morgan fingerprint density at radius 3 is 2.02 bits per heavy atom. The second-order valence-corrected chi connectivity index (χ2v) is 15.6. The number of nitrogens with zero attached hydrogens (tertiary/aromatic N) is 2. The summed E-state index contributed by atoms with van der Waals surface area (Å²) < 4.78 is 15.7. The van der Waals surface area contributed by atoms with Crippen molar-refractivity contribution >= 4 is 31.5 Å². The van der Waals surface area contributed by atoms with Gasteiger partial charge in [-0.15, -0.1) is 11.3 Å². The number of hydrogen-bond acceptors (Lipinski definition) is 5. The number of hydrogen-bond donors (Lipinski definition) is 0. The number of thiophene rings is 1. The van der Waals surface area contributed by atoms with Crippen molar-refractivity contribution in [3.8, 4) is 79.2 Å². The van der Waals surface area contributed by atoms with Crippen LogP contribution >= 0.6 is 11.3 Å². The Kier molecular flexibility index (Phi) is 6.73. The van der Waals surface area contributed by atoms with Gasteiger partial charge >= 0.3 is 0 Å². The molecule has 11 rings (SSSR count). The predicted octanol–water partition coefficient (Wildman–Crippen LogP) is 13.7. The average molecular weight is 713 g/mol. The molecule has 4 nitrogen and oxygen atoms in total. The first-order valence-electron chi connectivity index (χ1n) is 18.2. The summed E-state index contributed by atoms with van der Waals surface area (Å²) in [6.45, 7) is 4.55. The number of aromatic nitrogens is 2. The molecule has 2 aliphatic rings. The van der Waals surface area contributed by atoms with Crippen molar-refractivity contribution in [1.29, 1.82) is 0 Å². The van der Waals surface area contributed by atoms with Crippen LogP contribution in [0.4, 0.5) is 0 Å². The van der Waals surface area contributed by atoms with Gasteiger partial charge in [-0.2, -0.15) is 0 Å². The van der Waals surface area contributed by atoms with Crippen LogP contribution in [-0.4, -0.2) is 9.97 Å². The molecule has 0 spiro atoms. The summed E-state index contributed by atoms with van der Waals surface area (Å²) in [5.41, 5.74) is 11.7. The molecular weight excluding hydrogens is 681 g/mol. The maximum Gasteiger partial charge on any atom is 0.178 e. The molecule has 0 unspecified atom stereocenters. The average Bonchev–Trinajstić information content (AvgIpc) is 3.71.